The molecule has 5 N–H and O–H groups in total. The number of nitrogens with one attached hydrogen (secondary N) is 1. The fourth-order valence-corrected chi connectivity index (χ4v) is 2.67. The van der Waals surface area contributed by atoms with Gasteiger partial charge in [-0.2, -0.15) is 0 Å². The van der Waals surface area contributed by atoms with E-state index in [1.54, 1.807) is 6.20 Å². The van der Waals surface area contributed by atoms with Gasteiger partial charge in [-0.3, -0.25) is 5.73 Å². The van der Waals surface area contributed by atoms with Gasteiger partial charge in [0.25, 0.3) is 0 Å². The highest BCUT2D eigenvalue weighted by Gasteiger charge is 2.27. The van der Waals surface area contributed by atoms with Crippen molar-refractivity contribution in [3.8, 4) is 0 Å². The Kier molecular flexibility index (Phi) is 2.59. The molecule has 0 saturated carbocycles. The van der Waals surface area contributed by atoms with E-state index in [2.05, 4.69) is 28.5 Å². The maximum atomic E-state index is 6.31. The van der Waals surface area contributed by atoms with E-state index in [0.717, 1.165) is 12.0 Å². The number of aryl methyl sites for hydroxylation is 2. The first-order valence-corrected chi connectivity index (χ1v) is 6.38. The molecule has 2 aliphatic rings. The van der Waals surface area contributed by atoms with Crippen molar-refractivity contribution in [2.75, 3.05) is 0 Å². The van der Waals surface area contributed by atoms with Crippen LogP contribution in [0.15, 0.2) is 35.5 Å². The molecule has 1 unspecified atom stereocenters. The normalized spacial score (nSPS) is 26.2. The molecular weight excluding hydrogens is 224 g/mol. The molecule has 18 heavy (non-hydrogen) atoms. The number of aliphatic imine (C=N–C) groups is 1. The summed E-state index contributed by atoms with van der Waals surface area (Å²) in [5, 5.41) is 2.84. The minimum Gasteiger partial charge on any atom is -0.370 e. The third-order valence-corrected chi connectivity index (χ3v) is 3.69. The van der Waals surface area contributed by atoms with Crippen LogP contribution in [0.1, 0.15) is 29.5 Å². The SMILES string of the molecule is NC1=NC(N)(c2ccc3c(c2)CCCC3)C=CN1. The highest BCUT2D eigenvalue weighted by Crippen LogP contribution is 2.28. The van der Waals surface area contributed by atoms with Crippen LogP contribution < -0.4 is 16.8 Å². The second-order valence-corrected chi connectivity index (χ2v) is 4.99. The Morgan fingerprint density at radius 1 is 1.17 bits per heavy atom. The van der Waals surface area contributed by atoms with Crippen molar-refractivity contribution in [3.05, 3.63) is 47.2 Å². The molecule has 0 fully saturated rings. The molecule has 0 amide bonds. The van der Waals surface area contributed by atoms with Crippen molar-refractivity contribution in [1.29, 1.82) is 0 Å². The average Bonchev–Trinajstić information content (AvgIpc) is 2.38. The van der Waals surface area contributed by atoms with Crippen LogP contribution in [0.25, 0.3) is 0 Å². The van der Waals surface area contributed by atoms with Gasteiger partial charge in [0, 0.05) is 6.20 Å². The van der Waals surface area contributed by atoms with E-state index >= 15 is 0 Å². The second kappa shape index (κ2) is 4.14. The van der Waals surface area contributed by atoms with E-state index in [4.69, 9.17) is 11.5 Å². The number of guanidine groups is 1. The van der Waals surface area contributed by atoms with Gasteiger partial charge in [-0.05, 0) is 48.4 Å². The Hall–Kier alpha value is -1.81. The number of hydrogen-bond acceptors (Lipinski definition) is 4. The number of benzene rings is 1. The van der Waals surface area contributed by atoms with Crippen LogP contribution in [-0.2, 0) is 18.5 Å². The summed E-state index contributed by atoms with van der Waals surface area (Å²) in [5.41, 5.74) is 15.0. The molecule has 1 atom stereocenters. The Morgan fingerprint density at radius 2 is 1.94 bits per heavy atom. The molecule has 1 heterocycles. The molecule has 94 valence electrons. The number of hydrogen-bond donors (Lipinski definition) is 3. The van der Waals surface area contributed by atoms with Crippen LogP contribution in [0.4, 0.5) is 0 Å². The van der Waals surface area contributed by atoms with Crippen LogP contribution in [-0.4, -0.2) is 5.96 Å². The van der Waals surface area contributed by atoms with Gasteiger partial charge in [-0.25, -0.2) is 4.99 Å². The molecule has 0 radical (unpaired) electrons. The molecule has 0 bridgehead atoms. The maximum Gasteiger partial charge on any atom is 0.195 e. The van der Waals surface area contributed by atoms with E-state index in [9.17, 15) is 0 Å². The van der Waals surface area contributed by atoms with Crippen LogP contribution in [0.3, 0.4) is 0 Å². The summed E-state index contributed by atoms with van der Waals surface area (Å²) < 4.78 is 0. The van der Waals surface area contributed by atoms with Crippen molar-refractivity contribution >= 4 is 5.96 Å². The van der Waals surface area contributed by atoms with Gasteiger partial charge in [-0.1, -0.05) is 18.2 Å². The highest BCUT2D eigenvalue weighted by atomic mass is 15.2. The Labute approximate surface area is 107 Å². The average molecular weight is 242 g/mol. The summed E-state index contributed by atoms with van der Waals surface area (Å²) in [4.78, 5) is 4.31. The van der Waals surface area contributed by atoms with E-state index in [0.29, 0.717) is 5.96 Å². The second-order valence-electron chi connectivity index (χ2n) is 4.99. The fraction of sp³-hybridized carbons (Fsp3) is 0.357. The predicted molar refractivity (Wildman–Crippen MR) is 72.8 cm³/mol. The lowest BCUT2D eigenvalue weighted by Gasteiger charge is -2.27. The van der Waals surface area contributed by atoms with Crippen LogP contribution in [0.2, 0.25) is 0 Å². The Bertz CT molecular complexity index is 533. The molecule has 1 aliphatic heterocycles. The van der Waals surface area contributed by atoms with Gasteiger partial charge in [0.15, 0.2) is 11.6 Å². The van der Waals surface area contributed by atoms with Crippen LogP contribution >= 0.6 is 0 Å². The van der Waals surface area contributed by atoms with Gasteiger partial charge in [0.1, 0.15) is 0 Å². The van der Waals surface area contributed by atoms with Gasteiger partial charge < -0.3 is 11.1 Å². The summed E-state index contributed by atoms with van der Waals surface area (Å²) in [6.45, 7) is 0. The molecule has 0 aromatic heterocycles. The van der Waals surface area contributed by atoms with E-state index in [1.165, 1.54) is 30.4 Å². The quantitative estimate of drug-likeness (QED) is 0.690. The summed E-state index contributed by atoms with van der Waals surface area (Å²) >= 11 is 0. The zero-order valence-electron chi connectivity index (χ0n) is 10.3. The lowest BCUT2D eigenvalue weighted by atomic mass is 9.87. The summed E-state index contributed by atoms with van der Waals surface area (Å²) in [6.07, 6.45) is 8.46. The predicted octanol–water partition coefficient (Wildman–Crippen LogP) is 1.11. The first-order valence-electron chi connectivity index (χ1n) is 6.38. The van der Waals surface area contributed by atoms with Crippen molar-refractivity contribution in [2.45, 2.75) is 31.3 Å². The zero-order valence-corrected chi connectivity index (χ0v) is 10.3. The molecule has 1 aliphatic carbocycles. The van der Waals surface area contributed by atoms with E-state index < -0.39 is 5.66 Å². The maximum absolute atomic E-state index is 6.31. The standard InChI is InChI=1S/C14H18N4/c15-13-17-8-7-14(16,18-13)12-6-5-10-3-1-2-4-11(10)9-12/h5-9H,1-4,16H2,(H3,15,17,18). The largest absolute Gasteiger partial charge is 0.370 e. The molecule has 0 saturated heterocycles. The van der Waals surface area contributed by atoms with Gasteiger partial charge in [0.2, 0.25) is 0 Å². The van der Waals surface area contributed by atoms with Gasteiger partial charge in [0.05, 0.1) is 0 Å². The topological polar surface area (TPSA) is 76.4 Å². The van der Waals surface area contributed by atoms with Crippen molar-refractivity contribution in [3.63, 3.8) is 0 Å². The lowest BCUT2D eigenvalue weighted by molar-refractivity contribution is 0.577. The molecule has 1 aromatic rings. The molecule has 0 spiro atoms. The van der Waals surface area contributed by atoms with Crippen LogP contribution in [0, 0.1) is 0 Å². The zero-order chi connectivity index (χ0) is 12.6. The highest BCUT2D eigenvalue weighted by molar-refractivity contribution is 5.80. The minimum atomic E-state index is -0.832. The fourth-order valence-electron chi connectivity index (χ4n) is 2.67. The van der Waals surface area contributed by atoms with E-state index in [1.807, 2.05) is 6.08 Å². The molecular formula is C14H18N4. The first kappa shape index (κ1) is 11.3. The van der Waals surface area contributed by atoms with Crippen molar-refractivity contribution in [1.82, 2.24) is 5.32 Å². The van der Waals surface area contributed by atoms with Crippen molar-refractivity contribution < 1.29 is 0 Å². The lowest BCUT2D eigenvalue weighted by Crippen LogP contribution is -2.42. The Morgan fingerprint density at radius 3 is 2.72 bits per heavy atom. The number of fused-ring (bicyclic) bond motifs is 1. The smallest absolute Gasteiger partial charge is 0.195 e. The molecule has 3 rings (SSSR count). The van der Waals surface area contributed by atoms with Crippen LogP contribution in [0.5, 0.6) is 0 Å². The van der Waals surface area contributed by atoms with Gasteiger partial charge in [-0.15, -0.1) is 0 Å². The molecule has 4 heteroatoms. The molecule has 1 aromatic carbocycles. The molecule has 4 nitrogen and oxygen atoms in total. The summed E-state index contributed by atoms with van der Waals surface area (Å²) in [6, 6.07) is 6.43. The van der Waals surface area contributed by atoms with Gasteiger partial charge >= 0.3 is 0 Å². The first-order chi connectivity index (χ1) is 8.67. The summed E-state index contributed by atoms with van der Waals surface area (Å²) in [5.74, 6) is 0.359. The number of rotatable bonds is 1. The monoisotopic (exact) mass is 242 g/mol. The number of nitrogens with zero attached hydrogens (tertiary/aromatic N) is 1. The number of nitrogens with two attached hydrogens (primary N) is 2. The van der Waals surface area contributed by atoms with Crippen molar-refractivity contribution in [2.24, 2.45) is 16.5 Å². The van der Waals surface area contributed by atoms with E-state index in [-0.39, 0.29) is 0 Å². The third kappa shape index (κ3) is 1.88. The minimum absolute atomic E-state index is 0.359. The summed E-state index contributed by atoms with van der Waals surface area (Å²) in [7, 11) is 0. The Balaban J connectivity index is 2.02. The third-order valence-electron chi connectivity index (χ3n) is 3.69.